The van der Waals surface area contributed by atoms with Gasteiger partial charge in [0.15, 0.2) is 0 Å². The fourth-order valence-corrected chi connectivity index (χ4v) is 2.59. The highest BCUT2D eigenvalue weighted by Crippen LogP contribution is 2.35. The van der Waals surface area contributed by atoms with Crippen LogP contribution in [0.3, 0.4) is 0 Å². The molecule has 1 aromatic rings. The summed E-state index contributed by atoms with van der Waals surface area (Å²) < 4.78 is 0. The van der Waals surface area contributed by atoms with E-state index in [4.69, 9.17) is 0 Å². The van der Waals surface area contributed by atoms with E-state index in [1.807, 2.05) is 11.8 Å². The zero-order chi connectivity index (χ0) is 14.0. The van der Waals surface area contributed by atoms with Crippen molar-refractivity contribution in [2.45, 2.75) is 19.4 Å². The van der Waals surface area contributed by atoms with Crippen LogP contribution in [0, 0.1) is 16.0 Å². The highest BCUT2D eigenvalue weighted by molar-refractivity contribution is 5.79. The molecule has 1 aliphatic rings. The van der Waals surface area contributed by atoms with E-state index in [0.717, 1.165) is 6.42 Å². The van der Waals surface area contributed by atoms with Crippen LogP contribution in [0.4, 0.5) is 11.4 Å². The van der Waals surface area contributed by atoms with Gasteiger partial charge in [-0.25, -0.2) is 0 Å². The Morgan fingerprint density at radius 3 is 2.89 bits per heavy atom. The first-order chi connectivity index (χ1) is 9.08. The molecule has 0 saturated carbocycles. The lowest BCUT2D eigenvalue weighted by atomic mass is 10.0. The average molecular weight is 264 g/mol. The number of aldehydes is 1. The molecule has 1 aliphatic heterocycles. The molecule has 1 N–H and O–H groups in total. The Morgan fingerprint density at radius 2 is 2.32 bits per heavy atom. The van der Waals surface area contributed by atoms with E-state index in [2.05, 4.69) is 0 Å². The van der Waals surface area contributed by atoms with Gasteiger partial charge in [-0.2, -0.15) is 0 Å². The van der Waals surface area contributed by atoms with Crippen molar-refractivity contribution in [3.8, 4) is 0 Å². The van der Waals surface area contributed by atoms with Crippen LogP contribution in [0.5, 0.6) is 0 Å². The third kappa shape index (κ3) is 2.44. The Bertz CT molecular complexity index is 503. The third-order valence-electron chi connectivity index (χ3n) is 3.71. The van der Waals surface area contributed by atoms with E-state index in [-0.39, 0.29) is 29.8 Å². The number of benzene rings is 1. The number of nitro groups is 1. The maximum absolute atomic E-state index is 11.1. The molecule has 2 atom stereocenters. The monoisotopic (exact) mass is 264 g/mol. The normalized spacial score (nSPS) is 22.5. The molecule has 1 saturated heterocycles. The second kappa shape index (κ2) is 5.36. The molecule has 0 radical (unpaired) electrons. The van der Waals surface area contributed by atoms with Gasteiger partial charge in [0.05, 0.1) is 17.6 Å². The lowest BCUT2D eigenvalue weighted by Crippen LogP contribution is -2.35. The van der Waals surface area contributed by atoms with Gasteiger partial charge >= 0.3 is 0 Å². The summed E-state index contributed by atoms with van der Waals surface area (Å²) in [4.78, 5) is 23.2. The summed E-state index contributed by atoms with van der Waals surface area (Å²) in [5.74, 6) is 0.287. The number of carbonyl (C=O) groups is 1. The standard InChI is InChI=1S/C13H16N2O4/c1-9-4-5-14(13(9)8-17)11-3-2-10(7-16)6-12(11)15(18)19/h2-3,6-7,9,13,17H,4-5,8H2,1H3. The van der Waals surface area contributed by atoms with Crippen molar-refractivity contribution in [3.63, 3.8) is 0 Å². The Kier molecular flexibility index (Phi) is 3.80. The second-order valence-corrected chi connectivity index (χ2v) is 4.83. The zero-order valence-electron chi connectivity index (χ0n) is 10.7. The van der Waals surface area contributed by atoms with Gasteiger partial charge in [-0.15, -0.1) is 0 Å². The number of nitrogens with zero attached hydrogens (tertiary/aromatic N) is 2. The molecule has 0 bridgehead atoms. The number of rotatable bonds is 4. The molecule has 0 spiro atoms. The molecule has 0 aromatic heterocycles. The van der Waals surface area contributed by atoms with E-state index in [9.17, 15) is 20.0 Å². The van der Waals surface area contributed by atoms with Crippen LogP contribution in [0.15, 0.2) is 18.2 Å². The third-order valence-corrected chi connectivity index (χ3v) is 3.71. The first-order valence-corrected chi connectivity index (χ1v) is 6.19. The number of anilines is 1. The lowest BCUT2D eigenvalue weighted by Gasteiger charge is -2.26. The van der Waals surface area contributed by atoms with E-state index >= 15 is 0 Å². The van der Waals surface area contributed by atoms with E-state index in [1.165, 1.54) is 6.07 Å². The van der Waals surface area contributed by atoms with Crippen molar-refractivity contribution in [1.29, 1.82) is 0 Å². The van der Waals surface area contributed by atoms with Crippen molar-refractivity contribution in [3.05, 3.63) is 33.9 Å². The summed E-state index contributed by atoms with van der Waals surface area (Å²) in [6.45, 7) is 2.66. The quantitative estimate of drug-likeness (QED) is 0.507. The van der Waals surface area contributed by atoms with Gasteiger partial charge in [0.1, 0.15) is 12.0 Å². The fraction of sp³-hybridized carbons (Fsp3) is 0.462. The molecule has 1 aromatic carbocycles. The second-order valence-electron chi connectivity index (χ2n) is 4.83. The molecule has 2 unspecified atom stereocenters. The maximum atomic E-state index is 11.1. The highest BCUT2D eigenvalue weighted by Gasteiger charge is 2.34. The first kappa shape index (κ1) is 13.5. The van der Waals surface area contributed by atoms with Gasteiger partial charge in [-0.3, -0.25) is 14.9 Å². The summed E-state index contributed by atoms with van der Waals surface area (Å²) in [7, 11) is 0. The number of hydrogen-bond donors (Lipinski definition) is 1. The molecule has 6 heteroatoms. The Morgan fingerprint density at radius 1 is 1.58 bits per heavy atom. The Balaban J connectivity index is 2.44. The predicted molar refractivity (Wildman–Crippen MR) is 70.5 cm³/mol. The van der Waals surface area contributed by atoms with E-state index in [1.54, 1.807) is 12.1 Å². The SMILES string of the molecule is CC1CCN(c2ccc(C=O)cc2[N+](=O)[O-])C1CO. The van der Waals surface area contributed by atoms with Crippen LogP contribution in [0.2, 0.25) is 0 Å². The summed E-state index contributed by atoms with van der Waals surface area (Å²) in [5.41, 5.74) is 0.666. The number of hydrogen-bond acceptors (Lipinski definition) is 5. The number of aliphatic hydroxyl groups is 1. The summed E-state index contributed by atoms with van der Waals surface area (Å²) in [6, 6.07) is 4.32. The molecule has 102 valence electrons. The van der Waals surface area contributed by atoms with Crippen LogP contribution in [0.1, 0.15) is 23.7 Å². The summed E-state index contributed by atoms with van der Waals surface area (Å²) in [5, 5.41) is 20.6. The first-order valence-electron chi connectivity index (χ1n) is 6.19. The molecular weight excluding hydrogens is 248 g/mol. The smallest absolute Gasteiger partial charge is 0.293 e. The minimum atomic E-state index is -0.486. The summed E-state index contributed by atoms with van der Waals surface area (Å²) in [6.07, 6.45) is 1.48. The molecular formula is C13H16N2O4. The molecule has 1 heterocycles. The van der Waals surface area contributed by atoms with Gasteiger partial charge in [-0.05, 0) is 24.5 Å². The average Bonchev–Trinajstić information content (AvgIpc) is 2.78. The maximum Gasteiger partial charge on any atom is 0.293 e. The topological polar surface area (TPSA) is 83.7 Å². The predicted octanol–water partition coefficient (Wildman–Crippen LogP) is 1.61. The van der Waals surface area contributed by atoms with Gasteiger partial charge in [0.2, 0.25) is 0 Å². The van der Waals surface area contributed by atoms with Crippen LogP contribution in [-0.4, -0.2) is 35.5 Å². The fourth-order valence-electron chi connectivity index (χ4n) is 2.59. The molecule has 19 heavy (non-hydrogen) atoms. The number of aliphatic hydroxyl groups excluding tert-OH is 1. The van der Waals surface area contributed by atoms with Crippen molar-refractivity contribution in [2.24, 2.45) is 5.92 Å². The molecule has 0 amide bonds. The largest absolute Gasteiger partial charge is 0.394 e. The van der Waals surface area contributed by atoms with Crippen LogP contribution < -0.4 is 4.90 Å². The van der Waals surface area contributed by atoms with Crippen molar-refractivity contribution < 1.29 is 14.8 Å². The van der Waals surface area contributed by atoms with Gasteiger partial charge in [0, 0.05) is 18.2 Å². The van der Waals surface area contributed by atoms with E-state index < -0.39 is 4.92 Å². The van der Waals surface area contributed by atoms with Crippen LogP contribution in [-0.2, 0) is 0 Å². The minimum absolute atomic E-state index is 0.0340. The summed E-state index contributed by atoms with van der Waals surface area (Å²) >= 11 is 0. The van der Waals surface area contributed by atoms with E-state index in [0.29, 0.717) is 18.5 Å². The number of nitro benzene ring substituents is 1. The van der Waals surface area contributed by atoms with Crippen LogP contribution >= 0.6 is 0 Å². The molecule has 0 aliphatic carbocycles. The number of carbonyl (C=O) groups excluding carboxylic acids is 1. The van der Waals surface area contributed by atoms with Gasteiger partial charge in [-0.1, -0.05) is 6.92 Å². The molecule has 6 nitrogen and oxygen atoms in total. The molecule has 2 rings (SSSR count). The van der Waals surface area contributed by atoms with Gasteiger partial charge < -0.3 is 10.0 Å². The zero-order valence-corrected chi connectivity index (χ0v) is 10.7. The Labute approximate surface area is 110 Å². The highest BCUT2D eigenvalue weighted by atomic mass is 16.6. The lowest BCUT2D eigenvalue weighted by molar-refractivity contribution is -0.384. The molecule has 1 fully saturated rings. The van der Waals surface area contributed by atoms with Crippen molar-refractivity contribution in [1.82, 2.24) is 0 Å². The minimum Gasteiger partial charge on any atom is -0.394 e. The van der Waals surface area contributed by atoms with Gasteiger partial charge in [0.25, 0.3) is 5.69 Å². The van der Waals surface area contributed by atoms with Crippen LogP contribution in [0.25, 0.3) is 0 Å². The van der Waals surface area contributed by atoms with Crippen molar-refractivity contribution >= 4 is 17.7 Å². The Hall–Kier alpha value is -1.95. The van der Waals surface area contributed by atoms with Crippen molar-refractivity contribution in [2.75, 3.05) is 18.1 Å².